The SMILES string of the molecule is O=C(NCc1ccco1)c1cc(Cl)ccc1Cl. The van der Waals surface area contributed by atoms with Gasteiger partial charge in [-0.3, -0.25) is 4.79 Å². The van der Waals surface area contributed by atoms with Gasteiger partial charge in [0.25, 0.3) is 5.91 Å². The standard InChI is InChI=1S/C12H9Cl2NO2/c13-8-3-4-11(14)10(6-8)12(16)15-7-9-2-1-5-17-9/h1-6H,7H2,(H,15,16). The van der Waals surface area contributed by atoms with Gasteiger partial charge in [-0.2, -0.15) is 0 Å². The predicted molar refractivity (Wildman–Crippen MR) is 66.3 cm³/mol. The third kappa shape index (κ3) is 3.02. The zero-order valence-corrected chi connectivity index (χ0v) is 10.3. The summed E-state index contributed by atoms with van der Waals surface area (Å²) in [5.41, 5.74) is 0.353. The van der Waals surface area contributed by atoms with Crippen LogP contribution in [-0.2, 0) is 6.54 Å². The van der Waals surface area contributed by atoms with Crippen molar-refractivity contribution in [2.75, 3.05) is 0 Å². The number of benzene rings is 1. The molecule has 1 N–H and O–H groups in total. The quantitative estimate of drug-likeness (QED) is 0.927. The van der Waals surface area contributed by atoms with E-state index in [0.29, 0.717) is 27.9 Å². The molecule has 5 heteroatoms. The van der Waals surface area contributed by atoms with Crippen molar-refractivity contribution < 1.29 is 9.21 Å². The molecule has 88 valence electrons. The van der Waals surface area contributed by atoms with E-state index in [9.17, 15) is 4.79 Å². The molecule has 0 saturated heterocycles. The highest BCUT2D eigenvalue weighted by Crippen LogP contribution is 2.20. The number of hydrogen-bond acceptors (Lipinski definition) is 2. The molecule has 0 unspecified atom stereocenters. The molecule has 17 heavy (non-hydrogen) atoms. The van der Waals surface area contributed by atoms with E-state index in [1.54, 1.807) is 30.5 Å². The third-order valence-electron chi connectivity index (χ3n) is 2.18. The first-order valence-corrected chi connectivity index (χ1v) is 5.68. The largest absolute Gasteiger partial charge is 0.467 e. The molecule has 1 aromatic carbocycles. The zero-order valence-electron chi connectivity index (χ0n) is 8.74. The third-order valence-corrected chi connectivity index (χ3v) is 2.74. The second-order valence-corrected chi connectivity index (χ2v) is 4.23. The van der Waals surface area contributed by atoms with Gasteiger partial charge in [0.15, 0.2) is 0 Å². The highest BCUT2D eigenvalue weighted by molar-refractivity contribution is 6.35. The van der Waals surface area contributed by atoms with Crippen LogP contribution >= 0.6 is 23.2 Å². The molecule has 1 heterocycles. The summed E-state index contributed by atoms with van der Waals surface area (Å²) in [4.78, 5) is 11.8. The van der Waals surface area contributed by atoms with Crippen LogP contribution in [0.1, 0.15) is 16.1 Å². The van der Waals surface area contributed by atoms with Crippen molar-refractivity contribution in [3.8, 4) is 0 Å². The van der Waals surface area contributed by atoms with Crippen LogP contribution in [0.25, 0.3) is 0 Å². The molecule has 0 fully saturated rings. The van der Waals surface area contributed by atoms with Gasteiger partial charge in [-0.1, -0.05) is 23.2 Å². The van der Waals surface area contributed by atoms with Gasteiger partial charge in [-0.25, -0.2) is 0 Å². The van der Waals surface area contributed by atoms with E-state index in [1.807, 2.05) is 0 Å². The maximum Gasteiger partial charge on any atom is 0.253 e. The van der Waals surface area contributed by atoms with Gasteiger partial charge in [0.05, 0.1) is 23.4 Å². The minimum absolute atomic E-state index is 0.283. The van der Waals surface area contributed by atoms with Crippen molar-refractivity contribution in [2.24, 2.45) is 0 Å². The Morgan fingerprint density at radius 2 is 2.12 bits per heavy atom. The molecule has 0 spiro atoms. The van der Waals surface area contributed by atoms with Crippen molar-refractivity contribution in [3.05, 3.63) is 58.0 Å². The van der Waals surface area contributed by atoms with Crippen LogP contribution < -0.4 is 5.32 Å². The molecule has 0 aliphatic heterocycles. The van der Waals surface area contributed by atoms with Gasteiger partial charge >= 0.3 is 0 Å². The Balaban J connectivity index is 2.07. The van der Waals surface area contributed by atoms with E-state index in [1.165, 1.54) is 6.07 Å². The summed E-state index contributed by atoms with van der Waals surface area (Å²) in [6.45, 7) is 0.314. The molecule has 2 rings (SSSR count). The van der Waals surface area contributed by atoms with Gasteiger partial charge in [-0.15, -0.1) is 0 Å². The Bertz CT molecular complexity index is 523. The second kappa shape index (κ2) is 5.25. The number of carbonyl (C=O) groups excluding carboxylic acids is 1. The van der Waals surface area contributed by atoms with Crippen molar-refractivity contribution >= 4 is 29.1 Å². The van der Waals surface area contributed by atoms with Crippen molar-refractivity contribution in [1.29, 1.82) is 0 Å². The summed E-state index contributed by atoms with van der Waals surface area (Å²) in [6.07, 6.45) is 1.55. The van der Waals surface area contributed by atoms with Gasteiger partial charge in [0.2, 0.25) is 0 Å². The summed E-state index contributed by atoms with van der Waals surface area (Å²) in [6, 6.07) is 8.29. The monoisotopic (exact) mass is 269 g/mol. The van der Waals surface area contributed by atoms with E-state index < -0.39 is 0 Å². The first kappa shape index (κ1) is 12.0. The molecule has 0 saturated carbocycles. The summed E-state index contributed by atoms with van der Waals surface area (Å²) in [5.74, 6) is 0.394. The smallest absolute Gasteiger partial charge is 0.253 e. The summed E-state index contributed by atoms with van der Waals surface area (Å²) < 4.78 is 5.10. The minimum Gasteiger partial charge on any atom is -0.467 e. The van der Waals surface area contributed by atoms with E-state index in [4.69, 9.17) is 27.6 Å². The fourth-order valence-electron chi connectivity index (χ4n) is 1.35. The lowest BCUT2D eigenvalue weighted by Gasteiger charge is -2.05. The number of furan rings is 1. The van der Waals surface area contributed by atoms with E-state index in [2.05, 4.69) is 5.32 Å². The Morgan fingerprint density at radius 1 is 1.29 bits per heavy atom. The first-order valence-electron chi connectivity index (χ1n) is 4.92. The van der Waals surface area contributed by atoms with Crippen LogP contribution in [0, 0.1) is 0 Å². The Morgan fingerprint density at radius 3 is 2.82 bits per heavy atom. The maximum absolute atomic E-state index is 11.8. The summed E-state index contributed by atoms with van der Waals surface area (Å²) in [5, 5.41) is 3.53. The number of rotatable bonds is 3. The van der Waals surface area contributed by atoms with E-state index in [-0.39, 0.29) is 5.91 Å². The van der Waals surface area contributed by atoms with Gasteiger partial charge in [-0.05, 0) is 30.3 Å². The molecule has 1 amide bonds. The van der Waals surface area contributed by atoms with Gasteiger partial charge in [0.1, 0.15) is 5.76 Å². The van der Waals surface area contributed by atoms with Gasteiger partial charge < -0.3 is 9.73 Å². The summed E-state index contributed by atoms with van der Waals surface area (Å²) >= 11 is 11.7. The Kier molecular flexibility index (Phi) is 3.71. The highest BCUT2D eigenvalue weighted by Gasteiger charge is 2.10. The average molecular weight is 270 g/mol. The second-order valence-electron chi connectivity index (χ2n) is 3.39. The molecule has 1 aromatic heterocycles. The lowest BCUT2D eigenvalue weighted by molar-refractivity contribution is 0.0948. The lowest BCUT2D eigenvalue weighted by atomic mass is 10.2. The van der Waals surface area contributed by atoms with E-state index in [0.717, 1.165) is 0 Å². The van der Waals surface area contributed by atoms with Crippen LogP contribution in [0.2, 0.25) is 10.0 Å². The van der Waals surface area contributed by atoms with E-state index >= 15 is 0 Å². The van der Waals surface area contributed by atoms with Crippen LogP contribution in [0.15, 0.2) is 41.0 Å². The van der Waals surface area contributed by atoms with Crippen molar-refractivity contribution in [2.45, 2.75) is 6.54 Å². The topological polar surface area (TPSA) is 42.2 Å². The highest BCUT2D eigenvalue weighted by atomic mass is 35.5. The van der Waals surface area contributed by atoms with Crippen molar-refractivity contribution in [3.63, 3.8) is 0 Å². The fourth-order valence-corrected chi connectivity index (χ4v) is 1.72. The zero-order chi connectivity index (χ0) is 12.3. The van der Waals surface area contributed by atoms with Crippen LogP contribution in [-0.4, -0.2) is 5.91 Å². The fraction of sp³-hybridized carbons (Fsp3) is 0.0833. The van der Waals surface area contributed by atoms with Crippen molar-refractivity contribution in [1.82, 2.24) is 5.32 Å². The molecule has 0 bridgehead atoms. The number of amides is 1. The normalized spacial score (nSPS) is 10.2. The molecule has 2 aromatic rings. The Labute approximate surface area is 108 Å². The molecular formula is C12H9Cl2NO2. The minimum atomic E-state index is -0.283. The molecule has 0 atom stereocenters. The lowest BCUT2D eigenvalue weighted by Crippen LogP contribution is -2.22. The average Bonchev–Trinajstić information content (AvgIpc) is 2.82. The molecular weight excluding hydrogens is 261 g/mol. The molecule has 3 nitrogen and oxygen atoms in total. The summed E-state index contributed by atoms with van der Waals surface area (Å²) in [7, 11) is 0. The molecule has 0 aliphatic carbocycles. The maximum atomic E-state index is 11.8. The first-order chi connectivity index (χ1) is 8.16. The number of nitrogens with one attached hydrogen (secondary N) is 1. The molecule has 0 radical (unpaired) electrons. The van der Waals surface area contributed by atoms with Gasteiger partial charge in [0, 0.05) is 5.02 Å². The Hall–Kier alpha value is -1.45. The number of carbonyl (C=O) groups is 1. The van der Waals surface area contributed by atoms with Crippen LogP contribution in [0.5, 0.6) is 0 Å². The molecule has 0 aliphatic rings. The van der Waals surface area contributed by atoms with Crippen LogP contribution in [0.4, 0.5) is 0 Å². The number of hydrogen-bond donors (Lipinski definition) is 1. The number of halogens is 2. The van der Waals surface area contributed by atoms with Crippen LogP contribution in [0.3, 0.4) is 0 Å². The predicted octanol–water partition coefficient (Wildman–Crippen LogP) is 3.52.